The Morgan fingerprint density at radius 2 is 1.89 bits per heavy atom. The highest BCUT2D eigenvalue weighted by atomic mass is 16.5. The van der Waals surface area contributed by atoms with Gasteiger partial charge in [-0.25, -0.2) is 14.7 Å². The van der Waals surface area contributed by atoms with Crippen LogP contribution in [0.25, 0.3) is 11.0 Å². The highest BCUT2D eigenvalue weighted by molar-refractivity contribution is 5.93. The summed E-state index contributed by atoms with van der Waals surface area (Å²) < 4.78 is 5.89. The van der Waals surface area contributed by atoms with Gasteiger partial charge < -0.3 is 9.84 Å². The van der Waals surface area contributed by atoms with Crippen LogP contribution in [0.15, 0.2) is 42.7 Å². The number of ether oxygens (including phenoxy) is 1. The van der Waals surface area contributed by atoms with Gasteiger partial charge in [0.15, 0.2) is 5.65 Å². The second-order valence-corrected chi connectivity index (χ2v) is 6.77. The molecule has 9 heteroatoms. The van der Waals surface area contributed by atoms with Gasteiger partial charge in [-0.05, 0) is 25.0 Å². The van der Waals surface area contributed by atoms with E-state index in [1.165, 1.54) is 0 Å². The predicted octanol–water partition coefficient (Wildman–Crippen LogP) is 2.14. The van der Waals surface area contributed by atoms with Gasteiger partial charge >= 0.3 is 6.09 Å². The van der Waals surface area contributed by atoms with Crippen LogP contribution < -0.4 is 9.91 Å². The molecule has 1 amide bonds. The third-order valence-corrected chi connectivity index (χ3v) is 4.98. The largest absolute Gasteiger partial charge is 0.464 e. The van der Waals surface area contributed by atoms with Gasteiger partial charge in [-0.1, -0.05) is 18.2 Å². The fourth-order valence-corrected chi connectivity index (χ4v) is 3.75. The molecular weight excluding hydrogens is 348 g/mol. The Bertz CT molecular complexity index is 979. The van der Waals surface area contributed by atoms with Crippen molar-refractivity contribution in [2.75, 3.05) is 23.0 Å². The van der Waals surface area contributed by atoms with Gasteiger partial charge in [-0.2, -0.15) is 14.9 Å². The Kier molecular flexibility index (Phi) is 3.68. The lowest BCUT2D eigenvalue weighted by molar-refractivity contribution is 0.0205. The van der Waals surface area contributed by atoms with Crippen LogP contribution in [0.1, 0.15) is 12.8 Å². The molecule has 2 bridgehead atoms. The van der Waals surface area contributed by atoms with Gasteiger partial charge in [0.05, 0.1) is 42.6 Å². The van der Waals surface area contributed by atoms with Crippen molar-refractivity contribution in [1.82, 2.24) is 19.9 Å². The van der Waals surface area contributed by atoms with E-state index in [0.29, 0.717) is 11.3 Å². The number of carbonyl (C=O) groups is 1. The topological polar surface area (TPSA) is 96.6 Å². The van der Waals surface area contributed by atoms with Gasteiger partial charge in [0.2, 0.25) is 5.95 Å². The van der Waals surface area contributed by atoms with Crippen molar-refractivity contribution < 1.29 is 14.6 Å². The maximum Gasteiger partial charge on any atom is 0.418 e. The summed E-state index contributed by atoms with van der Waals surface area (Å²) in [6.45, 7) is 1.49. The summed E-state index contributed by atoms with van der Waals surface area (Å²) in [5.74, 6) is 0.0965. The van der Waals surface area contributed by atoms with Crippen LogP contribution in [0.2, 0.25) is 0 Å². The average Bonchev–Trinajstić information content (AvgIpc) is 3.25. The molecule has 2 unspecified atom stereocenters. The second-order valence-electron chi connectivity index (χ2n) is 6.77. The number of anilines is 2. The van der Waals surface area contributed by atoms with Gasteiger partial charge in [0.1, 0.15) is 0 Å². The summed E-state index contributed by atoms with van der Waals surface area (Å²) in [6, 6.07) is 8.79. The normalized spacial score (nSPS) is 21.6. The smallest absolute Gasteiger partial charge is 0.418 e. The monoisotopic (exact) mass is 366 g/mol. The van der Waals surface area contributed by atoms with Crippen molar-refractivity contribution >= 4 is 28.8 Å². The molecule has 1 aromatic carbocycles. The van der Waals surface area contributed by atoms with E-state index >= 15 is 0 Å². The molecule has 5 rings (SSSR count). The lowest BCUT2D eigenvalue weighted by atomic mass is 10.2. The number of carboxylic acid groups (broad SMARTS) is 1. The Morgan fingerprint density at radius 3 is 2.59 bits per heavy atom. The molecule has 0 spiro atoms. The van der Waals surface area contributed by atoms with Crippen LogP contribution in [0.4, 0.5) is 16.4 Å². The number of hydrogen-bond acceptors (Lipinski definition) is 6. The van der Waals surface area contributed by atoms with E-state index in [1.54, 1.807) is 41.4 Å². The number of aromatic nitrogens is 4. The van der Waals surface area contributed by atoms with Crippen molar-refractivity contribution in [2.24, 2.45) is 0 Å². The molecule has 2 saturated heterocycles. The predicted molar refractivity (Wildman–Crippen MR) is 97.8 cm³/mol. The van der Waals surface area contributed by atoms with E-state index in [1.807, 2.05) is 6.07 Å². The van der Waals surface area contributed by atoms with E-state index in [2.05, 4.69) is 20.1 Å². The highest BCUT2D eigenvalue weighted by Crippen LogP contribution is 2.27. The molecule has 2 fully saturated rings. The molecule has 9 nitrogen and oxygen atoms in total. The minimum absolute atomic E-state index is 0.0965. The molecule has 0 radical (unpaired) electrons. The summed E-state index contributed by atoms with van der Waals surface area (Å²) in [7, 11) is 0. The SMILES string of the molecule is O=C(O)N(c1ccccc1)c1ncc2cnn(N3CC4CCC(C3)O4)c2n1. The summed E-state index contributed by atoms with van der Waals surface area (Å²) in [5, 5.41) is 17.0. The number of nitrogens with zero attached hydrogens (tertiary/aromatic N) is 6. The number of fused-ring (bicyclic) bond motifs is 3. The quantitative estimate of drug-likeness (QED) is 0.758. The standard InChI is InChI=1S/C18H18N6O3/c25-18(26)23(13-4-2-1-3-5-13)17-19-8-12-9-20-24(16(12)21-17)22-10-14-6-7-15(11-22)27-14/h1-5,8-9,14-15H,6-7,10-11H2,(H,25,26). The lowest BCUT2D eigenvalue weighted by Crippen LogP contribution is -2.49. The number of para-hydroxylation sites is 1. The molecule has 2 atom stereocenters. The maximum atomic E-state index is 11.9. The van der Waals surface area contributed by atoms with Crippen molar-refractivity contribution in [3.63, 3.8) is 0 Å². The van der Waals surface area contributed by atoms with Crippen LogP contribution in [-0.2, 0) is 4.74 Å². The van der Waals surface area contributed by atoms with Crippen molar-refractivity contribution in [1.29, 1.82) is 0 Å². The molecule has 2 aliphatic heterocycles. The Hall–Kier alpha value is -3.20. The maximum absolute atomic E-state index is 11.9. The summed E-state index contributed by atoms with van der Waals surface area (Å²) in [5.41, 5.74) is 1.07. The highest BCUT2D eigenvalue weighted by Gasteiger charge is 2.35. The number of morpholine rings is 1. The zero-order valence-corrected chi connectivity index (χ0v) is 14.5. The lowest BCUT2D eigenvalue weighted by Gasteiger charge is -2.33. The molecule has 2 aliphatic rings. The summed E-state index contributed by atoms with van der Waals surface area (Å²) in [4.78, 5) is 23.4. The Morgan fingerprint density at radius 1 is 1.15 bits per heavy atom. The summed E-state index contributed by atoms with van der Waals surface area (Å²) >= 11 is 0. The van der Waals surface area contributed by atoms with Crippen LogP contribution in [0.3, 0.4) is 0 Å². The van der Waals surface area contributed by atoms with Crippen molar-refractivity contribution in [2.45, 2.75) is 25.0 Å². The van der Waals surface area contributed by atoms with E-state index in [9.17, 15) is 9.90 Å². The molecule has 27 heavy (non-hydrogen) atoms. The van der Waals surface area contributed by atoms with Gasteiger partial charge in [0.25, 0.3) is 0 Å². The van der Waals surface area contributed by atoms with E-state index in [0.717, 1.165) is 36.2 Å². The Balaban J connectivity index is 1.55. The van der Waals surface area contributed by atoms with Gasteiger partial charge in [-0.3, -0.25) is 5.01 Å². The second kappa shape index (κ2) is 6.20. The number of amides is 1. The van der Waals surface area contributed by atoms with E-state index < -0.39 is 6.09 Å². The van der Waals surface area contributed by atoms with Gasteiger partial charge in [0, 0.05) is 6.20 Å². The molecule has 138 valence electrons. The fourth-order valence-electron chi connectivity index (χ4n) is 3.75. The zero-order chi connectivity index (χ0) is 18.4. The molecule has 3 aromatic rings. The molecule has 2 aromatic heterocycles. The first-order valence-corrected chi connectivity index (χ1v) is 8.88. The molecule has 4 heterocycles. The molecular formula is C18H18N6O3. The van der Waals surface area contributed by atoms with Crippen LogP contribution in [0, 0.1) is 0 Å². The van der Waals surface area contributed by atoms with Crippen LogP contribution in [0.5, 0.6) is 0 Å². The van der Waals surface area contributed by atoms with E-state index in [-0.39, 0.29) is 18.2 Å². The van der Waals surface area contributed by atoms with Crippen molar-refractivity contribution in [3.8, 4) is 0 Å². The first-order chi connectivity index (χ1) is 13.2. The third kappa shape index (κ3) is 2.76. The van der Waals surface area contributed by atoms with Gasteiger partial charge in [-0.15, -0.1) is 0 Å². The number of benzene rings is 1. The minimum Gasteiger partial charge on any atom is -0.464 e. The Labute approximate surface area is 154 Å². The zero-order valence-electron chi connectivity index (χ0n) is 14.5. The first kappa shape index (κ1) is 16.0. The number of rotatable bonds is 3. The fraction of sp³-hybridized carbons (Fsp3) is 0.333. The minimum atomic E-state index is -1.14. The van der Waals surface area contributed by atoms with Crippen molar-refractivity contribution in [3.05, 3.63) is 42.7 Å². The first-order valence-electron chi connectivity index (χ1n) is 8.88. The average molecular weight is 366 g/mol. The molecule has 0 aliphatic carbocycles. The van der Waals surface area contributed by atoms with Crippen LogP contribution in [-0.4, -0.2) is 56.4 Å². The summed E-state index contributed by atoms with van der Waals surface area (Å²) in [6.07, 6.45) is 4.70. The van der Waals surface area contributed by atoms with Crippen LogP contribution >= 0.6 is 0 Å². The molecule has 0 saturated carbocycles. The third-order valence-electron chi connectivity index (χ3n) is 4.98. The molecule has 1 N–H and O–H groups in total. The number of hydrogen-bond donors (Lipinski definition) is 1. The van der Waals surface area contributed by atoms with E-state index in [4.69, 9.17) is 4.74 Å².